The molecule has 1 N–H and O–H groups in total. The number of carbonyl (C=O) groups excluding carboxylic acids is 1. The van der Waals surface area contributed by atoms with Gasteiger partial charge >= 0.3 is 0 Å². The molecule has 0 radical (unpaired) electrons. The van der Waals surface area contributed by atoms with Crippen LogP contribution in [0.2, 0.25) is 5.02 Å². The Balaban J connectivity index is 1.47. The van der Waals surface area contributed by atoms with Crippen molar-refractivity contribution < 1.29 is 9.18 Å². The minimum absolute atomic E-state index is 0.0281. The Hall–Kier alpha value is -1.92. The van der Waals surface area contributed by atoms with Gasteiger partial charge in [0.05, 0.1) is 28.5 Å². The third-order valence-electron chi connectivity index (χ3n) is 5.20. The van der Waals surface area contributed by atoms with Crippen LogP contribution in [0, 0.1) is 12.7 Å². The minimum atomic E-state index is -0.621. The predicted octanol–water partition coefficient (Wildman–Crippen LogP) is 3.06. The van der Waals surface area contributed by atoms with Gasteiger partial charge in [-0.25, -0.2) is 4.39 Å². The summed E-state index contributed by atoms with van der Waals surface area (Å²) in [5, 5.41) is 7.88. The fourth-order valence-electron chi connectivity index (χ4n) is 3.69. The molecular formula is C18H20ClFN4O. The number of hydrogen-bond donors (Lipinski definition) is 1. The molecule has 1 aromatic carbocycles. The number of hydrogen-bond acceptors (Lipinski definition) is 3. The van der Waals surface area contributed by atoms with Crippen LogP contribution < -0.4 is 5.32 Å². The molecule has 0 aliphatic carbocycles. The number of nitrogens with zero attached hydrogens (tertiary/aromatic N) is 3. The molecule has 5 nitrogen and oxygen atoms in total. The molecule has 0 bridgehead atoms. The van der Waals surface area contributed by atoms with Crippen LogP contribution in [0.15, 0.2) is 18.3 Å². The lowest BCUT2D eigenvalue weighted by atomic mass is 10.0. The summed E-state index contributed by atoms with van der Waals surface area (Å²) < 4.78 is 16.4. The van der Waals surface area contributed by atoms with E-state index in [0.29, 0.717) is 24.7 Å². The Morgan fingerprint density at radius 3 is 2.84 bits per heavy atom. The molecule has 132 valence electrons. The quantitative estimate of drug-likeness (QED) is 0.893. The Bertz CT molecular complexity index is 827. The van der Waals surface area contributed by atoms with E-state index >= 15 is 0 Å². The first-order chi connectivity index (χ1) is 12.1. The number of nitrogens with one attached hydrogen (secondary N) is 1. The number of halogens is 2. The average Bonchev–Trinajstić information content (AvgIpc) is 3.23. The van der Waals surface area contributed by atoms with Crippen molar-refractivity contribution in [1.29, 1.82) is 0 Å². The van der Waals surface area contributed by atoms with Crippen LogP contribution in [0.25, 0.3) is 0 Å². The van der Waals surface area contributed by atoms with Gasteiger partial charge in [0.25, 0.3) is 5.91 Å². The van der Waals surface area contributed by atoms with E-state index in [9.17, 15) is 9.18 Å². The monoisotopic (exact) mass is 362 g/mol. The van der Waals surface area contributed by atoms with Gasteiger partial charge in [0, 0.05) is 31.7 Å². The van der Waals surface area contributed by atoms with E-state index in [1.165, 1.54) is 17.3 Å². The van der Waals surface area contributed by atoms with Crippen molar-refractivity contribution in [3.05, 3.63) is 51.6 Å². The Labute approximate surface area is 150 Å². The summed E-state index contributed by atoms with van der Waals surface area (Å²) in [7, 11) is 0. The molecule has 25 heavy (non-hydrogen) atoms. The first-order valence-electron chi connectivity index (χ1n) is 8.56. The van der Waals surface area contributed by atoms with Gasteiger partial charge in [-0.1, -0.05) is 17.7 Å². The second kappa shape index (κ2) is 6.42. The van der Waals surface area contributed by atoms with Crippen LogP contribution in [0.3, 0.4) is 0 Å². The molecule has 0 unspecified atom stereocenters. The van der Waals surface area contributed by atoms with E-state index in [1.54, 1.807) is 17.9 Å². The molecule has 2 aliphatic rings. The van der Waals surface area contributed by atoms with Crippen LogP contribution in [0.4, 0.5) is 4.39 Å². The standard InChI is InChI=1S/C18H20ClFN4O/c1-11-2-3-14(17(20)16(11)19)18(25)23-6-4-13(5-7-23)24-15-10-21-8-12(15)9-22-24/h2-3,9,13,21H,4-8,10H2,1H3. The smallest absolute Gasteiger partial charge is 0.256 e. The van der Waals surface area contributed by atoms with E-state index in [-0.39, 0.29) is 16.5 Å². The molecule has 1 aromatic heterocycles. The number of benzene rings is 1. The highest BCUT2D eigenvalue weighted by molar-refractivity contribution is 6.31. The van der Waals surface area contributed by atoms with Gasteiger partial charge in [0.15, 0.2) is 5.82 Å². The maximum Gasteiger partial charge on any atom is 0.256 e. The SMILES string of the molecule is Cc1ccc(C(=O)N2CCC(n3ncc4c3CNC4)CC2)c(F)c1Cl. The maximum atomic E-state index is 14.3. The number of piperidine rings is 1. The summed E-state index contributed by atoms with van der Waals surface area (Å²) >= 11 is 5.95. The van der Waals surface area contributed by atoms with Crippen molar-refractivity contribution in [2.75, 3.05) is 13.1 Å². The summed E-state index contributed by atoms with van der Waals surface area (Å²) in [6.07, 6.45) is 3.57. The normalized spacial score (nSPS) is 17.8. The molecule has 1 fully saturated rings. The van der Waals surface area contributed by atoms with Crippen LogP contribution in [-0.2, 0) is 13.1 Å². The number of fused-ring (bicyclic) bond motifs is 1. The largest absolute Gasteiger partial charge is 0.338 e. The minimum Gasteiger partial charge on any atom is -0.338 e. The van der Waals surface area contributed by atoms with Gasteiger partial charge < -0.3 is 10.2 Å². The summed E-state index contributed by atoms with van der Waals surface area (Å²) in [6.45, 7) is 4.64. The summed E-state index contributed by atoms with van der Waals surface area (Å²) in [6, 6.07) is 3.50. The molecule has 7 heteroatoms. The zero-order valence-corrected chi connectivity index (χ0v) is 14.8. The second-order valence-electron chi connectivity index (χ2n) is 6.75. The van der Waals surface area contributed by atoms with E-state index in [0.717, 1.165) is 25.9 Å². The lowest BCUT2D eigenvalue weighted by Gasteiger charge is -2.33. The molecule has 1 saturated heterocycles. The van der Waals surface area contributed by atoms with Crippen LogP contribution in [0.1, 0.15) is 46.1 Å². The second-order valence-corrected chi connectivity index (χ2v) is 7.12. The number of amides is 1. The summed E-state index contributed by atoms with van der Waals surface area (Å²) in [5.74, 6) is -0.907. The van der Waals surface area contributed by atoms with Gasteiger partial charge in [-0.15, -0.1) is 0 Å². The van der Waals surface area contributed by atoms with Gasteiger partial charge in [0.1, 0.15) is 0 Å². The molecule has 2 aliphatic heterocycles. The summed E-state index contributed by atoms with van der Waals surface area (Å²) in [5.41, 5.74) is 3.20. The Morgan fingerprint density at radius 2 is 2.08 bits per heavy atom. The fraction of sp³-hybridized carbons (Fsp3) is 0.444. The third kappa shape index (κ3) is 2.83. The molecule has 3 heterocycles. The van der Waals surface area contributed by atoms with Crippen LogP contribution in [0.5, 0.6) is 0 Å². The van der Waals surface area contributed by atoms with Crippen molar-refractivity contribution in [2.24, 2.45) is 0 Å². The number of carbonyl (C=O) groups is 1. The average molecular weight is 363 g/mol. The molecule has 1 amide bonds. The first kappa shape index (κ1) is 16.5. The van der Waals surface area contributed by atoms with E-state index < -0.39 is 5.82 Å². The van der Waals surface area contributed by atoms with Crippen molar-refractivity contribution >= 4 is 17.5 Å². The number of aromatic nitrogens is 2. The molecule has 0 atom stereocenters. The maximum absolute atomic E-state index is 14.3. The zero-order chi connectivity index (χ0) is 17.6. The van der Waals surface area contributed by atoms with Crippen molar-refractivity contribution in [3.8, 4) is 0 Å². The third-order valence-corrected chi connectivity index (χ3v) is 5.66. The van der Waals surface area contributed by atoms with Crippen molar-refractivity contribution in [2.45, 2.75) is 38.9 Å². The number of rotatable bonds is 2. The molecule has 4 rings (SSSR count). The topological polar surface area (TPSA) is 50.2 Å². The van der Waals surface area contributed by atoms with Gasteiger partial charge in [0.2, 0.25) is 0 Å². The van der Waals surface area contributed by atoms with Gasteiger partial charge in [-0.05, 0) is 31.4 Å². The van der Waals surface area contributed by atoms with Crippen molar-refractivity contribution in [3.63, 3.8) is 0 Å². The number of aryl methyl sites for hydroxylation is 1. The van der Waals surface area contributed by atoms with Crippen LogP contribution >= 0.6 is 11.6 Å². The van der Waals surface area contributed by atoms with E-state index in [4.69, 9.17) is 11.6 Å². The Morgan fingerprint density at radius 1 is 1.32 bits per heavy atom. The first-order valence-corrected chi connectivity index (χ1v) is 8.94. The van der Waals surface area contributed by atoms with Gasteiger partial charge in [-0.3, -0.25) is 9.48 Å². The molecule has 0 saturated carbocycles. The molecule has 2 aromatic rings. The van der Waals surface area contributed by atoms with E-state index in [1.807, 2.05) is 6.20 Å². The zero-order valence-electron chi connectivity index (χ0n) is 14.1. The van der Waals surface area contributed by atoms with Gasteiger partial charge in [-0.2, -0.15) is 5.10 Å². The number of likely N-dealkylation sites (tertiary alicyclic amines) is 1. The molecule has 0 spiro atoms. The van der Waals surface area contributed by atoms with E-state index in [2.05, 4.69) is 15.1 Å². The highest BCUT2D eigenvalue weighted by atomic mass is 35.5. The summed E-state index contributed by atoms with van der Waals surface area (Å²) in [4.78, 5) is 14.4. The lowest BCUT2D eigenvalue weighted by molar-refractivity contribution is 0.0684. The van der Waals surface area contributed by atoms with Crippen LogP contribution in [-0.4, -0.2) is 33.7 Å². The lowest BCUT2D eigenvalue weighted by Crippen LogP contribution is -2.40. The molecular weight excluding hydrogens is 343 g/mol. The Kier molecular flexibility index (Phi) is 4.25. The predicted molar refractivity (Wildman–Crippen MR) is 93.1 cm³/mol. The highest BCUT2D eigenvalue weighted by Crippen LogP contribution is 2.29. The fourth-order valence-corrected chi connectivity index (χ4v) is 3.86. The highest BCUT2D eigenvalue weighted by Gasteiger charge is 2.29. The van der Waals surface area contributed by atoms with Crippen molar-refractivity contribution in [1.82, 2.24) is 20.0 Å².